The lowest BCUT2D eigenvalue weighted by Gasteiger charge is -2.07. The quantitative estimate of drug-likeness (QED) is 0.240. The smallest absolute Gasteiger partial charge is 0.296 e. The highest BCUT2D eigenvalue weighted by molar-refractivity contribution is 6.50. The summed E-state index contributed by atoms with van der Waals surface area (Å²) in [4.78, 5) is 28.6. The van der Waals surface area contributed by atoms with Gasteiger partial charge in [0.25, 0.3) is 11.7 Å². The summed E-state index contributed by atoms with van der Waals surface area (Å²) in [6, 6.07) is 4.60. The van der Waals surface area contributed by atoms with Crippen LogP contribution in [0.1, 0.15) is 30.6 Å². The molecule has 0 fully saturated rings. The molecule has 0 aliphatic carbocycles. The van der Waals surface area contributed by atoms with Crippen LogP contribution >= 0.6 is 23.2 Å². The van der Waals surface area contributed by atoms with Crippen LogP contribution in [0.25, 0.3) is 10.9 Å². The number of aryl methyl sites for hydroxylation is 1. The topological polar surface area (TPSA) is 84.2 Å². The number of Topliss-reactive ketones (excluding diaryl/α,β-unsaturated/α-hetero) is 1. The number of rotatable bonds is 5. The summed E-state index contributed by atoms with van der Waals surface area (Å²) in [5.74, 6) is -1.65. The van der Waals surface area contributed by atoms with Crippen molar-refractivity contribution in [2.45, 2.75) is 20.3 Å². The second kappa shape index (κ2) is 14.1. The number of ketones is 1. The van der Waals surface area contributed by atoms with Crippen molar-refractivity contribution in [2.75, 3.05) is 12.5 Å². The lowest BCUT2D eigenvalue weighted by Crippen LogP contribution is -2.23. The van der Waals surface area contributed by atoms with E-state index in [9.17, 15) is 19.1 Å². The first-order valence-electron chi connectivity index (χ1n) is 9.88. The van der Waals surface area contributed by atoms with Gasteiger partial charge in [0, 0.05) is 36.5 Å². The zero-order valence-corrected chi connectivity index (χ0v) is 20.3. The van der Waals surface area contributed by atoms with Crippen molar-refractivity contribution in [3.05, 3.63) is 76.7 Å². The number of amides is 1. The summed E-state index contributed by atoms with van der Waals surface area (Å²) >= 11 is 11.9. The fourth-order valence-corrected chi connectivity index (χ4v) is 3.17. The van der Waals surface area contributed by atoms with Gasteiger partial charge in [-0.3, -0.25) is 19.0 Å². The summed E-state index contributed by atoms with van der Waals surface area (Å²) < 4.78 is 11.2. The molecule has 0 aliphatic rings. The van der Waals surface area contributed by atoms with E-state index in [0.29, 0.717) is 18.1 Å². The fraction of sp³-hybridized carbons (Fsp3) is 0.208. The first-order valence-corrected chi connectivity index (χ1v) is 10.6. The molecule has 0 unspecified atom stereocenters. The third-order valence-corrected chi connectivity index (χ3v) is 4.76. The van der Waals surface area contributed by atoms with Gasteiger partial charge in [-0.05, 0) is 31.5 Å². The number of hydrogen-bond acceptors (Lipinski definition) is 4. The van der Waals surface area contributed by atoms with Gasteiger partial charge < -0.3 is 15.0 Å². The highest BCUT2D eigenvalue weighted by atomic mass is 35.5. The number of benzene rings is 1. The minimum atomic E-state index is -0.888. The van der Waals surface area contributed by atoms with Crippen molar-refractivity contribution < 1.29 is 19.1 Å². The molecular weight excluding hydrogens is 468 g/mol. The van der Waals surface area contributed by atoms with E-state index in [1.54, 1.807) is 17.7 Å². The molecule has 1 amide bonds. The predicted molar refractivity (Wildman–Crippen MR) is 133 cm³/mol. The molecule has 2 N–H and O–H groups in total. The number of allylic oxidation sites excluding steroid dienone is 4. The molecule has 2 aromatic heterocycles. The Morgan fingerprint density at radius 2 is 1.82 bits per heavy atom. The number of aromatic hydroxyl groups is 1. The van der Waals surface area contributed by atoms with Crippen molar-refractivity contribution in [2.24, 2.45) is 7.05 Å². The van der Waals surface area contributed by atoms with Gasteiger partial charge in [-0.15, -0.1) is 0 Å². The summed E-state index contributed by atoms with van der Waals surface area (Å²) in [5, 5.41) is 12.8. The number of pyridine rings is 1. The van der Waals surface area contributed by atoms with Crippen molar-refractivity contribution in [1.29, 1.82) is 0 Å². The van der Waals surface area contributed by atoms with E-state index in [0.717, 1.165) is 6.42 Å². The maximum absolute atomic E-state index is 12.5. The Bertz CT molecular complexity index is 1140. The number of hydrogen-bond donors (Lipinski definition) is 2. The third kappa shape index (κ3) is 7.73. The molecule has 0 atom stereocenters. The number of nitrogens with one attached hydrogen (secondary N) is 1. The van der Waals surface area contributed by atoms with Crippen LogP contribution in [0.4, 0.5) is 10.1 Å². The van der Waals surface area contributed by atoms with Crippen molar-refractivity contribution in [1.82, 2.24) is 9.55 Å². The third-order valence-electron chi connectivity index (χ3n) is 4.19. The van der Waals surface area contributed by atoms with E-state index in [-0.39, 0.29) is 27.0 Å². The second-order valence-electron chi connectivity index (χ2n) is 6.48. The number of alkyl halides is 1. The molecule has 176 valence electrons. The van der Waals surface area contributed by atoms with Crippen LogP contribution < -0.4 is 5.32 Å². The first-order chi connectivity index (χ1) is 15.8. The molecule has 0 saturated heterocycles. The Morgan fingerprint density at radius 1 is 1.18 bits per heavy atom. The van der Waals surface area contributed by atoms with E-state index in [1.165, 1.54) is 30.7 Å². The average Bonchev–Trinajstić information content (AvgIpc) is 3.13. The second-order valence-corrected chi connectivity index (χ2v) is 7.29. The number of aromatic nitrogens is 2. The van der Waals surface area contributed by atoms with E-state index in [1.807, 2.05) is 19.1 Å². The average molecular weight is 494 g/mol. The summed E-state index contributed by atoms with van der Waals surface area (Å²) in [5.41, 5.74) is 1.00. The van der Waals surface area contributed by atoms with Gasteiger partial charge in [-0.2, -0.15) is 0 Å². The molecule has 6 nitrogen and oxygen atoms in total. The highest BCUT2D eigenvalue weighted by Crippen LogP contribution is 2.29. The van der Waals surface area contributed by atoms with Crippen LogP contribution in [-0.2, 0) is 11.8 Å². The zero-order valence-electron chi connectivity index (χ0n) is 18.8. The van der Waals surface area contributed by atoms with Gasteiger partial charge in [-0.1, -0.05) is 54.4 Å². The molecule has 3 rings (SSSR count). The molecule has 0 bridgehead atoms. The molecule has 0 spiro atoms. The van der Waals surface area contributed by atoms with Gasteiger partial charge in [0.1, 0.15) is 5.75 Å². The minimum absolute atomic E-state index is 0.00313. The standard InChI is InChI=1S/C16H11Cl2N3O3.C7H12.CH3F/c1-21-7-10(9-4-8(22)2-3-13(9)21)15(23)16(24)20-14-11(17)5-19-6-12(14)18;1-3-5-7-6-4-2;1-2/h2-7,22H,1H3,(H,19,20,24);3,5-7H,4H2,1-2H3;1H3/b;5-3-,7-6-;. The van der Waals surface area contributed by atoms with Crippen LogP contribution in [0.15, 0.2) is 61.1 Å². The Balaban J connectivity index is 0.000000520. The predicted octanol–water partition coefficient (Wildman–Crippen LogP) is 6.52. The van der Waals surface area contributed by atoms with Gasteiger partial charge in [0.2, 0.25) is 0 Å². The summed E-state index contributed by atoms with van der Waals surface area (Å²) in [7, 11) is 2.24. The van der Waals surface area contributed by atoms with Gasteiger partial charge >= 0.3 is 0 Å². The number of phenolic OH excluding ortho intramolecular Hbond substituents is 1. The molecule has 0 radical (unpaired) electrons. The number of anilines is 1. The molecule has 2 heterocycles. The van der Waals surface area contributed by atoms with E-state index < -0.39 is 11.7 Å². The molecule has 0 aliphatic heterocycles. The molecule has 9 heteroatoms. The number of fused-ring (bicyclic) bond motifs is 1. The lowest BCUT2D eigenvalue weighted by atomic mass is 10.1. The Hall–Kier alpha value is -3.16. The fourth-order valence-electron chi connectivity index (χ4n) is 2.71. The van der Waals surface area contributed by atoms with Gasteiger partial charge in [0.05, 0.1) is 28.5 Å². The number of carbonyl (C=O) groups is 2. The van der Waals surface area contributed by atoms with Crippen LogP contribution in [0, 0.1) is 0 Å². The largest absolute Gasteiger partial charge is 0.508 e. The van der Waals surface area contributed by atoms with Crippen molar-refractivity contribution in [3.8, 4) is 5.75 Å². The SMILES string of the molecule is C/C=C\C=C/CC.CF.Cn1cc(C(=O)C(=O)Nc2c(Cl)cncc2Cl)c2cc(O)ccc21. The summed E-state index contributed by atoms with van der Waals surface area (Å²) in [6.07, 6.45) is 13.5. The molecule has 1 aromatic carbocycles. The van der Waals surface area contributed by atoms with Crippen LogP contribution in [-0.4, -0.2) is 33.5 Å². The minimum Gasteiger partial charge on any atom is -0.508 e. The summed E-state index contributed by atoms with van der Waals surface area (Å²) in [6.45, 7) is 4.14. The maximum atomic E-state index is 12.5. The highest BCUT2D eigenvalue weighted by Gasteiger charge is 2.23. The van der Waals surface area contributed by atoms with E-state index in [2.05, 4.69) is 29.4 Å². The van der Waals surface area contributed by atoms with E-state index >= 15 is 0 Å². The number of phenols is 1. The lowest BCUT2D eigenvalue weighted by molar-refractivity contribution is -0.112. The van der Waals surface area contributed by atoms with Crippen LogP contribution in [0.3, 0.4) is 0 Å². The van der Waals surface area contributed by atoms with Gasteiger partial charge in [0.15, 0.2) is 0 Å². The normalized spacial score (nSPS) is 10.5. The zero-order chi connectivity index (χ0) is 25.0. The van der Waals surface area contributed by atoms with Crippen LogP contribution in [0.5, 0.6) is 5.75 Å². The Morgan fingerprint density at radius 3 is 2.39 bits per heavy atom. The van der Waals surface area contributed by atoms with Crippen molar-refractivity contribution in [3.63, 3.8) is 0 Å². The monoisotopic (exact) mass is 493 g/mol. The molecule has 3 aromatic rings. The maximum Gasteiger partial charge on any atom is 0.296 e. The van der Waals surface area contributed by atoms with Crippen molar-refractivity contribution >= 4 is 51.5 Å². The Labute approximate surface area is 202 Å². The molecule has 33 heavy (non-hydrogen) atoms. The number of halogens is 3. The molecular formula is C24H26Cl2FN3O3. The number of nitrogens with zero attached hydrogens (tertiary/aromatic N) is 2. The van der Waals surface area contributed by atoms with Gasteiger partial charge in [-0.25, -0.2) is 0 Å². The Kier molecular flexibility index (Phi) is 11.9. The van der Waals surface area contributed by atoms with E-state index in [4.69, 9.17) is 23.2 Å². The molecule has 0 saturated carbocycles. The first kappa shape index (κ1) is 27.9. The number of carbonyl (C=O) groups excluding carboxylic acids is 2. The van der Waals surface area contributed by atoms with Crippen LogP contribution in [0.2, 0.25) is 10.0 Å².